The van der Waals surface area contributed by atoms with Gasteiger partial charge in [0.1, 0.15) is 0 Å². The van der Waals surface area contributed by atoms with Crippen LogP contribution in [0.5, 0.6) is 0 Å². The summed E-state index contributed by atoms with van der Waals surface area (Å²) in [5, 5.41) is 13.9. The average molecular weight is 575 g/mol. The first kappa shape index (κ1) is 26.8. The molecule has 5 rings (SSSR count). The van der Waals surface area contributed by atoms with Gasteiger partial charge in [-0.15, -0.1) is 0 Å². The lowest BCUT2D eigenvalue weighted by atomic mass is 9.94. The number of ether oxygens (including phenoxy) is 1. The number of hydrogen-bond acceptors (Lipinski definition) is 10. The number of H-pyrrole nitrogens is 1. The maximum absolute atomic E-state index is 13.4. The second kappa shape index (κ2) is 11.1. The molecule has 0 atom stereocenters. The Kier molecular flexibility index (Phi) is 7.63. The molecule has 4 N–H and O–H groups in total. The summed E-state index contributed by atoms with van der Waals surface area (Å²) in [6.07, 6.45) is 6.03. The molecule has 0 spiro atoms. The number of aromatic carboxylic acids is 1. The van der Waals surface area contributed by atoms with Crippen molar-refractivity contribution in [2.75, 3.05) is 41.8 Å². The van der Waals surface area contributed by atoms with Gasteiger partial charge in [0.25, 0.3) is 9.84 Å². The van der Waals surface area contributed by atoms with E-state index in [0.717, 1.165) is 31.4 Å². The number of thiazole rings is 1. The number of anilines is 3. The Bertz CT molecular complexity index is 1490. The van der Waals surface area contributed by atoms with E-state index >= 15 is 0 Å². The molecule has 1 saturated carbocycles. The summed E-state index contributed by atoms with van der Waals surface area (Å²) in [7, 11) is -4.31. The van der Waals surface area contributed by atoms with Gasteiger partial charge in [-0.05, 0) is 31.0 Å². The number of carbonyl (C=O) groups is 3. The number of morpholine rings is 1. The van der Waals surface area contributed by atoms with Crippen LogP contribution in [0, 0.1) is 5.92 Å². The third-order valence-corrected chi connectivity index (χ3v) is 9.70. The van der Waals surface area contributed by atoms with Gasteiger partial charge in [0.15, 0.2) is 20.8 Å². The number of Topliss-reactive ketones (excluding diaryl/α,β-unsaturated/α-hetero) is 1. The monoisotopic (exact) mass is 574 g/mol. The van der Waals surface area contributed by atoms with E-state index in [1.54, 1.807) is 12.1 Å². The molecule has 2 amide bonds. The van der Waals surface area contributed by atoms with Crippen molar-refractivity contribution in [3.8, 4) is 0 Å². The number of nitrogens with zero attached hydrogens (tertiary/aromatic N) is 3. The molecule has 1 saturated heterocycles. The zero-order valence-electron chi connectivity index (χ0n) is 20.7. The number of amides is 2. The van der Waals surface area contributed by atoms with Crippen LogP contribution in [-0.4, -0.2) is 72.6 Å². The molecular formula is C24H26N6O7S2. The molecular weight excluding hydrogens is 548 g/mol. The Hall–Kier alpha value is -3.82. The van der Waals surface area contributed by atoms with Crippen molar-refractivity contribution in [1.29, 1.82) is 0 Å². The molecule has 1 aliphatic heterocycles. The molecule has 15 heteroatoms. The van der Waals surface area contributed by atoms with Crippen LogP contribution >= 0.6 is 11.3 Å². The minimum absolute atomic E-state index is 0.0489. The van der Waals surface area contributed by atoms with Gasteiger partial charge in [0, 0.05) is 42.7 Å². The van der Waals surface area contributed by atoms with E-state index in [-0.39, 0.29) is 16.8 Å². The number of carbonyl (C=O) groups excluding carboxylic acids is 2. The fraction of sp³-hybridized carbons (Fsp3) is 0.375. The van der Waals surface area contributed by atoms with Crippen LogP contribution in [0.1, 0.15) is 46.5 Å². The van der Waals surface area contributed by atoms with Crippen LogP contribution in [0.15, 0.2) is 40.0 Å². The van der Waals surface area contributed by atoms with Crippen molar-refractivity contribution in [3.63, 3.8) is 0 Å². The van der Waals surface area contributed by atoms with E-state index in [1.165, 1.54) is 12.4 Å². The van der Waals surface area contributed by atoms with Crippen LogP contribution in [-0.2, 0) is 14.6 Å². The number of rotatable bonds is 8. The number of ketones is 1. The largest absolute Gasteiger partial charge is 0.476 e. The van der Waals surface area contributed by atoms with Gasteiger partial charge in [0.05, 0.1) is 18.9 Å². The quantitative estimate of drug-likeness (QED) is 0.291. The van der Waals surface area contributed by atoms with Crippen LogP contribution < -0.4 is 15.5 Å². The normalized spacial score (nSPS) is 16.3. The van der Waals surface area contributed by atoms with E-state index in [1.807, 2.05) is 6.07 Å². The predicted octanol–water partition coefficient (Wildman–Crippen LogP) is 3.25. The Balaban J connectivity index is 1.40. The van der Waals surface area contributed by atoms with Crippen LogP contribution in [0.25, 0.3) is 0 Å². The standard InChI is InChI=1S/C24H26N6O7S2/c31-19(14-3-1-2-4-14)16-13-15(30-9-11-37-12-10-30)5-6-17(16)27-22(34)29-23-28-18(20(32)33)21(38-23)39(35,36)24-25-7-8-26-24/h5-8,13-14H,1-4,9-12H2,(H,25,26)(H,32,33)(H2,27,28,29,34). The fourth-order valence-electron chi connectivity index (χ4n) is 4.68. The minimum atomic E-state index is -4.31. The number of carboxylic acids is 1. The van der Waals surface area contributed by atoms with Crippen molar-refractivity contribution >= 4 is 55.5 Å². The first-order valence-electron chi connectivity index (χ1n) is 12.3. The van der Waals surface area contributed by atoms with Gasteiger partial charge >= 0.3 is 12.0 Å². The molecule has 3 aromatic rings. The predicted molar refractivity (Wildman–Crippen MR) is 142 cm³/mol. The molecule has 13 nitrogen and oxygen atoms in total. The van der Waals surface area contributed by atoms with Gasteiger partial charge in [-0.1, -0.05) is 24.2 Å². The van der Waals surface area contributed by atoms with E-state index in [4.69, 9.17) is 4.74 Å². The van der Waals surface area contributed by atoms with Gasteiger partial charge in [0.2, 0.25) is 5.16 Å². The smallest absolute Gasteiger partial charge is 0.356 e. The highest BCUT2D eigenvalue weighted by Gasteiger charge is 2.32. The summed E-state index contributed by atoms with van der Waals surface area (Å²) >= 11 is 0.487. The Labute approximate surface area is 227 Å². The fourth-order valence-corrected chi connectivity index (χ4v) is 7.27. The van der Waals surface area contributed by atoms with Crippen molar-refractivity contribution in [2.45, 2.75) is 35.0 Å². The molecule has 206 valence electrons. The summed E-state index contributed by atoms with van der Waals surface area (Å²) in [5.74, 6) is -1.75. The molecule has 1 aliphatic carbocycles. The number of sulfone groups is 1. The molecule has 0 unspecified atom stereocenters. The zero-order chi connectivity index (χ0) is 27.6. The topological polar surface area (TPSA) is 184 Å². The minimum Gasteiger partial charge on any atom is -0.476 e. The number of aromatic nitrogens is 3. The first-order chi connectivity index (χ1) is 18.7. The molecule has 2 aromatic heterocycles. The van der Waals surface area contributed by atoms with Gasteiger partial charge in [-0.2, -0.15) is 0 Å². The second-order valence-electron chi connectivity index (χ2n) is 9.11. The first-order valence-corrected chi connectivity index (χ1v) is 14.6. The highest BCUT2D eigenvalue weighted by Crippen LogP contribution is 2.34. The third kappa shape index (κ3) is 5.65. The Morgan fingerprint density at radius 3 is 2.54 bits per heavy atom. The second-order valence-corrected chi connectivity index (χ2v) is 12.2. The summed E-state index contributed by atoms with van der Waals surface area (Å²) < 4.78 is 30.6. The lowest BCUT2D eigenvalue weighted by Crippen LogP contribution is -2.36. The number of carboxylic acid groups (broad SMARTS) is 1. The highest BCUT2D eigenvalue weighted by molar-refractivity contribution is 7.93. The van der Waals surface area contributed by atoms with E-state index in [9.17, 15) is 27.9 Å². The molecule has 2 fully saturated rings. The number of hydrogen-bond donors (Lipinski definition) is 4. The molecule has 1 aromatic carbocycles. The van der Waals surface area contributed by atoms with E-state index in [2.05, 4.69) is 30.5 Å². The SMILES string of the molecule is O=C(Nc1nc(C(=O)O)c(S(=O)(=O)c2ncc[nH]2)s1)Nc1ccc(N2CCOCC2)cc1C(=O)C1CCCC1. The number of urea groups is 1. The zero-order valence-corrected chi connectivity index (χ0v) is 22.3. The van der Waals surface area contributed by atoms with Crippen molar-refractivity contribution in [3.05, 3.63) is 41.9 Å². The Morgan fingerprint density at radius 2 is 1.87 bits per heavy atom. The highest BCUT2D eigenvalue weighted by atomic mass is 32.2. The van der Waals surface area contributed by atoms with Gasteiger partial charge in [-0.25, -0.2) is 28.0 Å². The Morgan fingerprint density at radius 1 is 1.13 bits per heavy atom. The average Bonchev–Trinajstić information content (AvgIpc) is 3.71. The lowest BCUT2D eigenvalue weighted by molar-refractivity contribution is 0.0687. The number of nitrogens with one attached hydrogen (secondary N) is 3. The number of aromatic amines is 1. The maximum atomic E-state index is 13.4. The van der Waals surface area contributed by atoms with Crippen molar-refractivity contribution < 1.29 is 32.6 Å². The van der Waals surface area contributed by atoms with Crippen LogP contribution in [0.4, 0.5) is 21.3 Å². The van der Waals surface area contributed by atoms with Crippen LogP contribution in [0.2, 0.25) is 0 Å². The molecule has 39 heavy (non-hydrogen) atoms. The van der Waals surface area contributed by atoms with Crippen molar-refractivity contribution in [2.24, 2.45) is 5.92 Å². The molecule has 0 bridgehead atoms. The summed E-state index contributed by atoms with van der Waals surface area (Å²) in [5.41, 5.74) is 0.787. The van der Waals surface area contributed by atoms with Gasteiger partial charge < -0.3 is 25.0 Å². The third-order valence-electron chi connectivity index (χ3n) is 6.61. The summed E-state index contributed by atoms with van der Waals surface area (Å²) in [6.45, 7) is 2.53. The van der Waals surface area contributed by atoms with E-state index in [0.29, 0.717) is 48.9 Å². The number of imidazole rings is 1. The molecule has 3 heterocycles. The molecule has 2 aliphatic rings. The molecule has 0 radical (unpaired) electrons. The van der Waals surface area contributed by atoms with Crippen LogP contribution in [0.3, 0.4) is 0 Å². The van der Waals surface area contributed by atoms with Gasteiger partial charge in [-0.3, -0.25) is 10.1 Å². The summed E-state index contributed by atoms with van der Waals surface area (Å²) in [6, 6.07) is 4.44. The number of benzene rings is 1. The lowest BCUT2D eigenvalue weighted by Gasteiger charge is -2.29. The van der Waals surface area contributed by atoms with Crippen molar-refractivity contribution in [1.82, 2.24) is 15.0 Å². The van der Waals surface area contributed by atoms with E-state index < -0.39 is 36.9 Å². The maximum Gasteiger partial charge on any atom is 0.356 e. The summed E-state index contributed by atoms with van der Waals surface area (Å²) in [4.78, 5) is 50.1.